The Hall–Kier alpha value is -0.540. The highest BCUT2D eigenvalue weighted by Crippen LogP contribution is 2.27. The van der Waals surface area contributed by atoms with Gasteiger partial charge in [-0.15, -0.1) is 0 Å². The monoisotopic (exact) mass is 299 g/mol. The second-order valence-corrected chi connectivity index (χ2v) is 6.39. The SMILES string of the molecule is CC(C)Oc1ccc(CNC(C)(C)C)cc1Br. The van der Waals surface area contributed by atoms with E-state index >= 15 is 0 Å². The Labute approximate surface area is 113 Å². The third kappa shape index (κ3) is 5.55. The third-order valence-electron chi connectivity index (χ3n) is 2.18. The molecular formula is C14H22BrNO. The molecule has 0 radical (unpaired) electrons. The molecule has 3 heteroatoms. The van der Waals surface area contributed by atoms with E-state index in [0.717, 1.165) is 16.8 Å². The van der Waals surface area contributed by atoms with Gasteiger partial charge in [-0.1, -0.05) is 6.07 Å². The van der Waals surface area contributed by atoms with E-state index in [2.05, 4.69) is 54.2 Å². The molecule has 2 nitrogen and oxygen atoms in total. The Bertz CT molecular complexity index is 369. The van der Waals surface area contributed by atoms with Gasteiger partial charge in [-0.25, -0.2) is 0 Å². The molecule has 1 aromatic carbocycles. The molecule has 96 valence electrons. The quantitative estimate of drug-likeness (QED) is 0.903. The molecule has 0 saturated carbocycles. The van der Waals surface area contributed by atoms with Crippen LogP contribution in [-0.4, -0.2) is 11.6 Å². The Morgan fingerprint density at radius 1 is 1.29 bits per heavy atom. The van der Waals surface area contributed by atoms with Gasteiger partial charge in [0.2, 0.25) is 0 Å². The average Bonchev–Trinajstić information content (AvgIpc) is 2.17. The van der Waals surface area contributed by atoms with Crippen LogP contribution in [0.3, 0.4) is 0 Å². The van der Waals surface area contributed by atoms with E-state index in [1.165, 1.54) is 5.56 Å². The van der Waals surface area contributed by atoms with Crippen molar-refractivity contribution in [1.82, 2.24) is 5.32 Å². The summed E-state index contributed by atoms with van der Waals surface area (Å²) >= 11 is 3.54. The number of hydrogen-bond acceptors (Lipinski definition) is 2. The van der Waals surface area contributed by atoms with Gasteiger partial charge in [0.05, 0.1) is 10.6 Å². The van der Waals surface area contributed by atoms with E-state index in [-0.39, 0.29) is 11.6 Å². The first-order chi connectivity index (χ1) is 7.78. The van der Waals surface area contributed by atoms with Crippen LogP contribution in [0.2, 0.25) is 0 Å². The largest absolute Gasteiger partial charge is 0.490 e. The number of rotatable bonds is 4. The Balaban J connectivity index is 2.68. The predicted molar refractivity (Wildman–Crippen MR) is 76.5 cm³/mol. The summed E-state index contributed by atoms with van der Waals surface area (Å²) in [4.78, 5) is 0. The molecular weight excluding hydrogens is 278 g/mol. The number of hydrogen-bond donors (Lipinski definition) is 1. The topological polar surface area (TPSA) is 21.3 Å². The van der Waals surface area contributed by atoms with Gasteiger partial charge < -0.3 is 10.1 Å². The van der Waals surface area contributed by atoms with Crippen LogP contribution in [0.25, 0.3) is 0 Å². The van der Waals surface area contributed by atoms with Crippen LogP contribution in [-0.2, 0) is 6.54 Å². The predicted octanol–water partition coefficient (Wildman–Crippen LogP) is 4.12. The van der Waals surface area contributed by atoms with Crippen LogP contribution in [0.5, 0.6) is 5.75 Å². The van der Waals surface area contributed by atoms with E-state index in [4.69, 9.17) is 4.74 Å². The van der Waals surface area contributed by atoms with E-state index in [1.807, 2.05) is 19.9 Å². The van der Waals surface area contributed by atoms with Gasteiger partial charge in [-0.3, -0.25) is 0 Å². The van der Waals surface area contributed by atoms with Gasteiger partial charge in [-0.05, 0) is 68.2 Å². The summed E-state index contributed by atoms with van der Waals surface area (Å²) in [6.45, 7) is 11.4. The van der Waals surface area contributed by atoms with Gasteiger partial charge in [0.25, 0.3) is 0 Å². The Kier molecular flexibility index (Phi) is 5.02. The van der Waals surface area contributed by atoms with Crippen molar-refractivity contribution in [3.05, 3.63) is 28.2 Å². The molecule has 0 aliphatic carbocycles. The van der Waals surface area contributed by atoms with Crippen LogP contribution in [0.15, 0.2) is 22.7 Å². The van der Waals surface area contributed by atoms with Crippen LogP contribution in [0, 0.1) is 0 Å². The molecule has 1 N–H and O–H groups in total. The van der Waals surface area contributed by atoms with Crippen molar-refractivity contribution in [3.63, 3.8) is 0 Å². The highest BCUT2D eigenvalue weighted by atomic mass is 79.9. The van der Waals surface area contributed by atoms with Gasteiger partial charge >= 0.3 is 0 Å². The molecule has 1 rings (SSSR count). The van der Waals surface area contributed by atoms with Gasteiger partial charge in [0, 0.05) is 12.1 Å². The molecule has 1 aromatic rings. The maximum atomic E-state index is 5.68. The zero-order valence-electron chi connectivity index (χ0n) is 11.3. The first-order valence-corrected chi connectivity index (χ1v) is 6.77. The standard InChI is InChI=1S/C14H22BrNO/c1-10(2)17-13-7-6-11(8-12(13)15)9-16-14(3,4)5/h6-8,10,16H,9H2,1-5H3. The fourth-order valence-corrected chi connectivity index (χ4v) is 1.89. The van der Waals surface area contributed by atoms with Crippen molar-refractivity contribution in [2.24, 2.45) is 0 Å². The summed E-state index contributed by atoms with van der Waals surface area (Å²) in [7, 11) is 0. The molecule has 0 atom stereocenters. The van der Waals surface area contributed by atoms with Crippen LogP contribution in [0.1, 0.15) is 40.2 Å². The minimum absolute atomic E-state index is 0.138. The van der Waals surface area contributed by atoms with Crippen molar-refractivity contribution in [3.8, 4) is 5.75 Å². The first-order valence-electron chi connectivity index (χ1n) is 5.98. The van der Waals surface area contributed by atoms with Crippen LogP contribution >= 0.6 is 15.9 Å². The first kappa shape index (κ1) is 14.5. The van der Waals surface area contributed by atoms with Crippen molar-refractivity contribution in [2.75, 3.05) is 0 Å². The maximum absolute atomic E-state index is 5.68. The summed E-state index contributed by atoms with van der Waals surface area (Å²) in [6.07, 6.45) is 0.199. The molecule has 17 heavy (non-hydrogen) atoms. The second kappa shape index (κ2) is 5.87. The Morgan fingerprint density at radius 3 is 2.41 bits per heavy atom. The molecule has 0 bridgehead atoms. The number of halogens is 1. The molecule has 0 spiro atoms. The second-order valence-electron chi connectivity index (χ2n) is 5.53. The minimum atomic E-state index is 0.138. The van der Waals surface area contributed by atoms with Crippen molar-refractivity contribution in [2.45, 2.75) is 52.8 Å². The van der Waals surface area contributed by atoms with Crippen molar-refractivity contribution >= 4 is 15.9 Å². The van der Waals surface area contributed by atoms with Gasteiger partial charge in [0.1, 0.15) is 5.75 Å². The van der Waals surface area contributed by atoms with Crippen LogP contribution in [0.4, 0.5) is 0 Å². The number of ether oxygens (including phenoxy) is 1. The Morgan fingerprint density at radius 2 is 1.94 bits per heavy atom. The van der Waals surface area contributed by atoms with Gasteiger partial charge in [0.15, 0.2) is 0 Å². The lowest BCUT2D eigenvalue weighted by Gasteiger charge is -2.21. The van der Waals surface area contributed by atoms with E-state index in [1.54, 1.807) is 0 Å². The molecule has 0 aliphatic rings. The lowest BCUT2D eigenvalue weighted by molar-refractivity contribution is 0.241. The highest BCUT2D eigenvalue weighted by molar-refractivity contribution is 9.10. The molecule has 0 heterocycles. The maximum Gasteiger partial charge on any atom is 0.133 e. The van der Waals surface area contributed by atoms with E-state index in [9.17, 15) is 0 Å². The van der Waals surface area contributed by atoms with Crippen LogP contribution < -0.4 is 10.1 Å². The molecule has 0 aromatic heterocycles. The summed E-state index contributed by atoms with van der Waals surface area (Å²) in [5.41, 5.74) is 1.39. The number of nitrogens with one attached hydrogen (secondary N) is 1. The van der Waals surface area contributed by atoms with Crippen molar-refractivity contribution in [1.29, 1.82) is 0 Å². The minimum Gasteiger partial charge on any atom is -0.490 e. The average molecular weight is 300 g/mol. The highest BCUT2D eigenvalue weighted by Gasteiger charge is 2.09. The zero-order chi connectivity index (χ0) is 13.1. The molecule has 0 fully saturated rings. The zero-order valence-corrected chi connectivity index (χ0v) is 12.9. The molecule has 0 aliphatic heterocycles. The normalized spacial score (nSPS) is 11.9. The third-order valence-corrected chi connectivity index (χ3v) is 2.80. The number of benzene rings is 1. The van der Waals surface area contributed by atoms with E-state index < -0.39 is 0 Å². The fourth-order valence-electron chi connectivity index (χ4n) is 1.37. The van der Waals surface area contributed by atoms with Gasteiger partial charge in [-0.2, -0.15) is 0 Å². The lowest BCUT2D eigenvalue weighted by atomic mass is 10.1. The summed E-state index contributed by atoms with van der Waals surface area (Å²) < 4.78 is 6.69. The molecule has 0 saturated heterocycles. The fraction of sp³-hybridized carbons (Fsp3) is 0.571. The van der Waals surface area contributed by atoms with E-state index in [0.29, 0.717) is 0 Å². The smallest absolute Gasteiger partial charge is 0.133 e. The van der Waals surface area contributed by atoms with Crippen molar-refractivity contribution < 1.29 is 4.74 Å². The lowest BCUT2D eigenvalue weighted by Crippen LogP contribution is -2.35. The molecule has 0 amide bonds. The summed E-state index contributed by atoms with van der Waals surface area (Å²) in [5, 5.41) is 3.46. The molecule has 0 unspecified atom stereocenters. The summed E-state index contributed by atoms with van der Waals surface area (Å²) in [5.74, 6) is 0.902. The summed E-state index contributed by atoms with van der Waals surface area (Å²) in [6, 6.07) is 6.22.